The third-order valence-electron chi connectivity index (χ3n) is 3.92. The molecule has 2 rings (SSSR count). The van der Waals surface area contributed by atoms with Crippen LogP contribution in [0.5, 0.6) is 5.75 Å². The third kappa shape index (κ3) is 7.32. The quantitative estimate of drug-likeness (QED) is 0.577. The van der Waals surface area contributed by atoms with Crippen molar-refractivity contribution in [2.75, 3.05) is 17.0 Å². The van der Waals surface area contributed by atoms with Gasteiger partial charge in [-0.1, -0.05) is 15.9 Å². The number of hydrogen-bond acceptors (Lipinski definition) is 4. The van der Waals surface area contributed by atoms with E-state index in [1.165, 1.54) is 11.0 Å². The maximum atomic E-state index is 14.0. The molecule has 0 atom stereocenters. The van der Waals surface area contributed by atoms with Crippen molar-refractivity contribution in [3.05, 3.63) is 58.3 Å². The largest absolute Gasteiger partial charge is 0.491 e. The van der Waals surface area contributed by atoms with E-state index in [-0.39, 0.29) is 19.2 Å². The van der Waals surface area contributed by atoms with Gasteiger partial charge in [-0.3, -0.25) is 9.52 Å². The van der Waals surface area contributed by atoms with Crippen LogP contribution in [0.15, 0.2) is 46.9 Å². The molecule has 6 nitrogen and oxygen atoms in total. The van der Waals surface area contributed by atoms with Gasteiger partial charge in [-0.05, 0) is 63.2 Å². The van der Waals surface area contributed by atoms with Crippen LogP contribution in [0, 0.1) is 5.82 Å². The van der Waals surface area contributed by atoms with Crippen molar-refractivity contribution in [2.45, 2.75) is 33.4 Å². The van der Waals surface area contributed by atoms with E-state index in [0.29, 0.717) is 21.5 Å². The number of rotatable bonds is 9. The van der Waals surface area contributed by atoms with E-state index in [1.807, 2.05) is 13.8 Å². The minimum Gasteiger partial charge on any atom is -0.491 e. The highest BCUT2D eigenvalue weighted by molar-refractivity contribution is 9.10. The monoisotopic (exact) mass is 486 g/mol. The molecule has 0 aromatic heterocycles. The van der Waals surface area contributed by atoms with Crippen molar-refractivity contribution in [3.8, 4) is 5.75 Å². The summed E-state index contributed by atoms with van der Waals surface area (Å²) in [6, 6.07) is 10.8. The Morgan fingerprint density at radius 3 is 2.45 bits per heavy atom. The van der Waals surface area contributed by atoms with Gasteiger partial charge in [-0.15, -0.1) is 0 Å². The summed E-state index contributed by atoms with van der Waals surface area (Å²) in [5.41, 5.74) is 0.635. The van der Waals surface area contributed by atoms with Gasteiger partial charge in [-0.2, -0.15) is 0 Å². The molecule has 9 heteroatoms. The van der Waals surface area contributed by atoms with Crippen LogP contribution in [0.25, 0.3) is 0 Å². The minimum absolute atomic E-state index is 0.00487. The smallest absolute Gasteiger partial charge is 0.241 e. The molecule has 0 heterocycles. The van der Waals surface area contributed by atoms with Crippen LogP contribution < -0.4 is 9.46 Å². The Morgan fingerprint density at radius 1 is 1.21 bits per heavy atom. The number of carbonyl (C=O) groups is 1. The summed E-state index contributed by atoms with van der Waals surface area (Å²) in [5, 5.41) is 0. The number of anilines is 1. The lowest BCUT2D eigenvalue weighted by Crippen LogP contribution is -2.37. The van der Waals surface area contributed by atoms with Crippen LogP contribution in [0.3, 0.4) is 0 Å². The number of nitrogens with zero attached hydrogens (tertiary/aromatic N) is 1. The summed E-state index contributed by atoms with van der Waals surface area (Å²) in [5.74, 6) is -1.18. The number of nitrogens with one attached hydrogen (secondary N) is 1. The van der Waals surface area contributed by atoms with Crippen molar-refractivity contribution in [1.29, 1.82) is 0 Å². The lowest BCUT2D eigenvalue weighted by molar-refractivity contribution is -0.128. The van der Waals surface area contributed by atoms with E-state index in [4.69, 9.17) is 4.74 Å². The standard InChI is InChI=1S/C20H24BrFN2O4S/c1-4-24(12-15-11-16(21)5-10-19(15)22)20(25)13-29(26,27)23-17-6-8-18(9-7-17)28-14(2)3/h5-11,14,23H,4,12-13H2,1-3H3. The molecule has 0 fully saturated rings. The predicted molar refractivity (Wildman–Crippen MR) is 115 cm³/mol. The summed E-state index contributed by atoms with van der Waals surface area (Å²) in [4.78, 5) is 13.8. The average Bonchev–Trinajstić information content (AvgIpc) is 2.62. The van der Waals surface area contributed by atoms with Crippen molar-refractivity contribution in [2.24, 2.45) is 0 Å². The highest BCUT2D eigenvalue weighted by atomic mass is 79.9. The number of ether oxygens (including phenoxy) is 1. The van der Waals surface area contributed by atoms with E-state index >= 15 is 0 Å². The first kappa shape index (κ1) is 23.2. The number of halogens is 2. The first-order valence-corrected chi connectivity index (χ1v) is 11.5. The molecule has 0 saturated heterocycles. The van der Waals surface area contributed by atoms with Crippen LogP contribution in [0.4, 0.5) is 10.1 Å². The van der Waals surface area contributed by atoms with Crippen molar-refractivity contribution in [1.82, 2.24) is 4.90 Å². The van der Waals surface area contributed by atoms with Crippen molar-refractivity contribution < 1.29 is 22.3 Å². The zero-order chi connectivity index (χ0) is 21.6. The Morgan fingerprint density at radius 2 is 1.86 bits per heavy atom. The highest BCUT2D eigenvalue weighted by Gasteiger charge is 2.22. The van der Waals surface area contributed by atoms with Gasteiger partial charge >= 0.3 is 0 Å². The van der Waals surface area contributed by atoms with E-state index < -0.39 is 27.5 Å². The molecule has 0 bridgehead atoms. The van der Waals surface area contributed by atoms with Crippen LogP contribution in [-0.4, -0.2) is 37.6 Å². The number of carbonyl (C=O) groups excluding carboxylic acids is 1. The highest BCUT2D eigenvalue weighted by Crippen LogP contribution is 2.19. The SMILES string of the molecule is CCN(Cc1cc(Br)ccc1F)C(=O)CS(=O)(=O)Nc1ccc(OC(C)C)cc1. The maximum Gasteiger partial charge on any atom is 0.241 e. The zero-order valence-electron chi connectivity index (χ0n) is 16.5. The number of benzene rings is 2. The molecule has 0 aliphatic carbocycles. The van der Waals surface area contributed by atoms with E-state index in [0.717, 1.165) is 0 Å². The summed E-state index contributed by atoms with van der Waals surface area (Å²) in [6.07, 6.45) is 0.00487. The molecular weight excluding hydrogens is 463 g/mol. The Labute approximate surface area is 179 Å². The summed E-state index contributed by atoms with van der Waals surface area (Å²) in [7, 11) is -3.92. The Balaban J connectivity index is 2.03. The number of amides is 1. The van der Waals surface area contributed by atoms with Crippen LogP contribution >= 0.6 is 15.9 Å². The van der Waals surface area contributed by atoms with Gasteiger partial charge in [0.2, 0.25) is 15.9 Å². The normalized spacial score (nSPS) is 11.4. The fourth-order valence-electron chi connectivity index (χ4n) is 2.59. The first-order valence-electron chi connectivity index (χ1n) is 9.08. The molecule has 0 unspecified atom stereocenters. The van der Waals surface area contributed by atoms with Gasteiger partial charge in [0.15, 0.2) is 0 Å². The Bertz CT molecular complexity index is 949. The fraction of sp³-hybridized carbons (Fsp3) is 0.350. The van der Waals surface area contributed by atoms with Crippen molar-refractivity contribution in [3.63, 3.8) is 0 Å². The molecule has 1 amide bonds. The second-order valence-corrected chi connectivity index (χ2v) is 9.33. The van der Waals surface area contributed by atoms with E-state index in [2.05, 4.69) is 20.7 Å². The van der Waals surface area contributed by atoms with E-state index in [1.54, 1.807) is 43.3 Å². The average molecular weight is 487 g/mol. The summed E-state index contributed by atoms with van der Waals surface area (Å²) < 4.78 is 47.3. The Kier molecular flexibility index (Phi) is 8.04. The molecule has 29 heavy (non-hydrogen) atoms. The van der Waals surface area contributed by atoms with Gasteiger partial charge in [0.05, 0.1) is 6.10 Å². The molecule has 0 spiro atoms. The fourth-order valence-corrected chi connectivity index (χ4v) is 4.07. The van der Waals surface area contributed by atoms with Crippen LogP contribution in [0.1, 0.15) is 26.3 Å². The number of sulfonamides is 1. The van der Waals surface area contributed by atoms with Gasteiger partial charge in [0, 0.05) is 28.8 Å². The van der Waals surface area contributed by atoms with Crippen LogP contribution in [0.2, 0.25) is 0 Å². The zero-order valence-corrected chi connectivity index (χ0v) is 18.9. The summed E-state index contributed by atoms with van der Waals surface area (Å²) in [6.45, 7) is 5.73. The Hall–Kier alpha value is -2.13. The molecule has 0 aliphatic rings. The maximum absolute atomic E-state index is 14.0. The van der Waals surface area contributed by atoms with Crippen LogP contribution in [-0.2, 0) is 21.4 Å². The molecule has 2 aromatic rings. The lowest BCUT2D eigenvalue weighted by Gasteiger charge is -2.21. The van der Waals surface area contributed by atoms with E-state index in [9.17, 15) is 17.6 Å². The van der Waals surface area contributed by atoms with Crippen molar-refractivity contribution >= 4 is 37.5 Å². The van der Waals surface area contributed by atoms with Gasteiger partial charge in [0.25, 0.3) is 0 Å². The molecule has 158 valence electrons. The second-order valence-electron chi connectivity index (χ2n) is 6.70. The molecular formula is C20H24BrFN2O4S. The third-order valence-corrected chi connectivity index (χ3v) is 5.58. The number of hydrogen-bond donors (Lipinski definition) is 1. The topological polar surface area (TPSA) is 75.7 Å². The molecule has 0 radical (unpaired) electrons. The summed E-state index contributed by atoms with van der Waals surface area (Å²) >= 11 is 3.26. The van der Waals surface area contributed by atoms with Gasteiger partial charge in [0.1, 0.15) is 17.3 Å². The first-order chi connectivity index (χ1) is 13.6. The minimum atomic E-state index is -3.92. The second kappa shape index (κ2) is 10.1. The van der Waals surface area contributed by atoms with Gasteiger partial charge in [-0.25, -0.2) is 12.8 Å². The van der Waals surface area contributed by atoms with Gasteiger partial charge < -0.3 is 9.64 Å². The molecule has 1 N–H and O–H groups in total. The molecule has 0 aliphatic heterocycles. The molecule has 2 aromatic carbocycles. The molecule has 0 saturated carbocycles. The predicted octanol–water partition coefficient (Wildman–Crippen LogP) is 4.17. The lowest BCUT2D eigenvalue weighted by atomic mass is 10.2.